The molecule has 0 aliphatic heterocycles. The molecule has 0 fully saturated rings. The Hall–Kier alpha value is -2.30. The van der Waals surface area contributed by atoms with Crippen LogP contribution in [-0.4, -0.2) is 18.1 Å². The Labute approximate surface area is 104 Å². The van der Waals surface area contributed by atoms with Gasteiger partial charge in [-0.2, -0.15) is 0 Å². The van der Waals surface area contributed by atoms with Gasteiger partial charge >= 0.3 is 5.97 Å². The number of hydrogen-bond donors (Lipinski definition) is 2. The van der Waals surface area contributed by atoms with E-state index >= 15 is 0 Å². The molecule has 0 unspecified atom stereocenters. The summed E-state index contributed by atoms with van der Waals surface area (Å²) < 4.78 is 17.9. The van der Waals surface area contributed by atoms with Crippen molar-refractivity contribution in [1.29, 1.82) is 0 Å². The first-order chi connectivity index (χ1) is 8.70. The number of methoxy groups -OCH3 is 1. The molecule has 0 bridgehead atoms. The third-order valence-corrected chi connectivity index (χ3v) is 2.52. The van der Waals surface area contributed by atoms with Crippen LogP contribution in [0, 0.1) is 5.82 Å². The summed E-state index contributed by atoms with van der Waals surface area (Å²) in [6.07, 6.45) is 1.82. The molecule has 1 heterocycles. The van der Waals surface area contributed by atoms with Crippen LogP contribution >= 0.6 is 0 Å². The molecule has 0 amide bonds. The third kappa shape index (κ3) is 2.68. The van der Waals surface area contributed by atoms with Gasteiger partial charge in [-0.1, -0.05) is 0 Å². The number of carbonyl (C=O) groups excluding carboxylic acids is 1. The maximum absolute atomic E-state index is 13.4. The van der Waals surface area contributed by atoms with Crippen LogP contribution in [0.4, 0.5) is 10.1 Å². The summed E-state index contributed by atoms with van der Waals surface area (Å²) in [6, 6.07) is 8.07. The van der Waals surface area contributed by atoms with Gasteiger partial charge in [-0.05, 0) is 30.3 Å². The number of anilines is 1. The highest BCUT2D eigenvalue weighted by Crippen LogP contribution is 2.16. The van der Waals surface area contributed by atoms with Crippen LogP contribution in [0.15, 0.2) is 36.5 Å². The molecule has 1 aromatic carbocycles. The maximum Gasteiger partial charge on any atom is 0.340 e. The fraction of sp³-hybridized carbons (Fsp3) is 0.154. The molecule has 18 heavy (non-hydrogen) atoms. The van der Waals surface area contributed by atoms with E-state index in [1.807, 2.05) is 18.3 Å². The first kappa shape index (κ1) is 12.2. The highest BCUT2D eigenvalue weighted by Gasteiger charge is 2.12. The summed E-state index contributed by atoms with van der Waals surface area (Å²) >= 11 is 0. The molecule has 0 aliphatic rings. The smallest absolute Gasteiger partial charge is 0.340 e. The number of hydrogen-bond acceptors (Lipinski definition) is 3. The summed E-state index contributed by atoms with van der Waals surface area (Å²) in [5, 5.41) is 3.09. The molecule has 94 valence electrons. The molecular weight excluding hydrogens is 235 g/mol. The number of aromatic nitrogens is 1. The lowest BCUT2D eigenvalue weighted by molar-refractivity contribution is 0.0595. The highest BCUT2D eigenvalue weighted by atomic mass is 19.1. The number of ether oxygens (including phenoxy) is 1. The normalized spacial score (nSPS) is 10.1. The maximum atomic E-state index is 13.4. The van der Waals surface area contributed by atoms with E-state index in [1.165, 1.54) is 19.2 Å². The van der Waals surface area contributed by atoms with Crippen LogP contribution < -0.4 is 5.32 Å². The Bertz CT molecular complexity index is 538. The van der Waals surface area contributed by atoms with Gasteiger partial charge in [0.25, 0.3) is 0 Å². The van der Waals surface area contributed by atoms with Crippen LogP contribution in [-0.2, 0) is 11.3 Å². The zero-order valence-electron chi connectivity index (χ0n) is 9.87. The van der Waals surface area contributed by atoms with E-state index < -0.39 is 11.8 Å². The molecule has 2 N–H and O–H groups in total. The molecular formula is C13H13FN2O2. The van der Waals surface area contributed by atoms with Crippen molar-refractivity contribution in [3.63, 3.8) is 0 Å². The predicted molar refractivity (Wildman–Crippen MR) is 65.9 cm³/mol. The molecule has 0 saturated heterocycles. The average molecular weight is 248 g/mol. The number of benzene rings is 1. The minimum absolute atomic E-state index is 0.0750. The van der Waals surface area contributed by atoms with Crippen LogP contribution in [0.2, 0.25) is 0 Å². The molecule has 2 rings (SSSR count). The van der Waals surface area contributed by atoms with Gasteiger partial charge in [0.05, 0.1) is 19.2 Å². The number of H-pyrrole nitrogens is 1. The van der Waals surface area contributed by atoms with Gasteiger partial charge in [0.15, 0.2) is 0 Å². The fourth-order valence-corrected chi connectivity index (χ4v) is 1.58. The minimum Gasteiger partial charge on any atom is -0.465 e. The first-order valence-electron chi connectivity index (χ1n) is 5.44. The number of rotatable bonds is 4. The van der Waals surface area contributed by atoms with E-state index in [-0.39, 0.29) is 5.56 Å². The zero-order chi connectivity index (χ0) is 13.0. The lowest BCUT2D eigenvalue weighted by Crippen LogP contribution is -2.06. The fourth-order valence-electron chi connectivity index (χ4n) is 1.58. The molecule has 0 aliphatic carbocycles. The molecule has 0 spiro atoms. The Morgan fingerprint density at radius 1 is 1.44 bits per heavy atom. The number of aromatic amines is 1. The van der Waals surface area contributed by atoms with Crippen molar-refractivity contribution in [2.24, 2.45) is 0 Å². The Balaban J connectivity index is 2.12. The quantitative estimate of drug-likeness (QED) is 0.817. The van der Waals surface area contributed by atoms with Gasteiger partial charge in [-0.3, -0.25) is 0 Å². The molecule has 0 atom stereocenters. The minimum atomic E-state index is -0.684. The van der Waals surface area contributed by atoms with Gasteiger partial charge < -0.3 is 15.0 Å². The van der Waals surface area contributed by atoms with E-state index in [9.17, 15) is 9.18 Å². The molecule has 2 aromatic rings. The molecule has 0 saturated carbocycles. The second-order valence-electron chi connectivity index (χ2n) is 3.74. The zero-order valence-corrected chi connectivity index (χ0v) is 9.87. The summed E-state index contributed by atoms with van der Waals surface area (Å²) in [5.41, 5.74) is 1.58. The lowest BCUT2D eigenvalue weighted by atomic mass is 10.2. The lowest BCUT2D eigenvalue weighted by Gasteiger charge is -2.07. The number of esters is 1. The Kier molecular flexibility index (Phi) is 3.62. The standard InChI is InChI=1S/C13H13FN2O2/c1-18-13(17)11-7-9(4-5-12(11)14)16-8-10-3-2-6-15-10/h2-7,15-16H,8H2,1H3. The summed E-state index contributed by atoms with van der Waals surface area (Å²) in [5.74, 6) is -1.27. The van der Waals surface area contributed by atoms with Crippen molar-refractivity contribution in [3.05, 3.63) is 53.6 Å². The van der Waals surface area contributed by atoms with Crippen molar-refractivity contribution in [1.82, 2.24) is 4.98 Å². The topological polar surface area (TPSA) is 54.1 Å². The SMILES string of the molecule is COC(=O)c1cc(NCc2ccc[nH]2)ccc1F. The van der Waals surface area contributed by atoms with E-state index in [0.717, 1.165) is 5.69 Å². The van der Waals surface area contributed by atoms with Crippen molar-refractivity contribution < 1.29 is 13.9 Å². The van der Waals surface area contributed by atoms with Gasteiger partial charge in [-0.15, -0.1) is 0 Å². The number of carbonyl (C=O) groups is 1. The van der Waals surface area contributed by atoms with Gasteiger partial charge in [0, 0.05) is 17.6 Å². The van der Waals surface area contributed by atoms with Crippen LogP contribution in [0.1, 0.15) is 16.1 Å². The second-order valence-corrected chi connectivity index (χ2v) is 3.74. The number of nitrogens with one attached hydrogen (secondary N) is 2. The molecule has 5 heteroatoms. The van der Waals surface area contributed by atoms with Crippen LogP contribution in [0.25, 0.3) is 0 Å². The molecule has 0 radical (unpaired) electrons. The summed E-state index contributed by atoms with van der Waals surface area (Å²) in [6.45, 7) is 0.569. The van der Waals surface area contributed by atoms with E-state index in [0.29, 0.717) is 12.2 Å². The van der Waals surface area contributed by atoms with Crippen molar-refractivity contribution in [3.8, 4) is 0 Å². The molecule has 4 nitrogen and oxygen atoms in total. The van der Waals surface area contributed by atoms with E-state index in [4.69, 9.17) is 0 Å². The summed E-state index contributed by atoms with van der Waals surface area (Å²) in [4.78, 5) is 14.4. The Morgan fingerprint density at radius 2 is 2.28 bits per heavy atom. The van der Waals surface area contributed by atoms with Crippen molar-refractivity contribution in [2.75, 3.05) is 12.4 Å². The van der Waals surface area contributed by atoms with Gasteiger partial charge in [-0.25, -0.2) is 9.18 Å². The number of halogens is 1. The van der Waals surface area contributed by atoms with Gasteiger partial charge in [0.1, 0.15) is 5.82 Å². The van der Waals surface area contributed by atoms with Gasteiger partial charge in [0.2, 0.25) is 0 Å². The molecule has 1 aromatic heterocycles. The largest absolute Gasteiger partial charge is 0.465 e. The van der Waals surface area contributed by atoms with E-state index in [2.05, 4.69) is 15.0 Å². The highest BCUT2D eigenvalue weighted by molar-refractivity contribution is 5.90. The van der Waals surface area contributed by atoms with E-state index in [1.54, 1.807) is 6.07 Å². The Morgan fingerprint density at radius 3 is 2.94 bits per heavy atom. The van der Waals surface area contributed by atoms with Crippen molar-refractivity contribution >= 4 is 11.7 Å². The average Bonchev–Trinajstić information content (AvgIpc) is 2.90. The van der Waals surface area contributed by atoms with Crippen molar-refractivity contribution in [2.45, 2.75) is 6.54 Å². The monoisotopic (exact) mass is 248 g/mol. The third-order valence-electron chi connectivity index (χ3n) is 2.52. The summed E-state index contributed by atoms with van der Waals surface area (Å²) in [7, 11) is 1.22. The predicted octanol–water partition coefficient (Wildman–Crippen LogP) is 2.55. The van der Waals surface area contributed by atoms with Crippen LogP contribution in [0.5, 0.6) is 0 Å². The van der Waals surface area contributed by atoms with Crippen LogP contribution in [0.3, 0.4) is 0 Å². The second kappa shape index (κ2) is 5.35. The first-order valence-corrected chi connectivity index (χ1v) is 5.44.